The van der Waals surface area contributed by atoms with Crippen molar-refractivity contribution in [3.8, 4) is 0 Å². The summed E-state index contributed by atoms with van der Waals surface area (Å²) in [6.07, 6.45) is 4.46. The zero-order valence-electron chi connectivity index (χ0n) is 16.4. The van der Waals surface area contributed by atoms with Gasteiger partial charge in [-0.25, -0.2) is 0 Å². The van der Waals surface area contributed by atoms with Crippen LogP contribution in [-0.2, 0) is 9.59 Å². The molecule has 0 amide bonds. The lowest BCUT2D eigenvalue weighted by atomic mass is 9.69. The van der Waals surface area contributed by atoms with Gasteiger partial charge in [0.1, 0.15) is 5.78 Å². The number of aliphatic carboxylic acids is 1. The molecule has 1 aliphatic carbocycles. The highest BCUT2D eigenvalue weighted by Crippen LogP contribution is 2.43. The van der Waals surface area contributed by atoms with Gasteiger partial charge in [-0.3, -0.25) is 9.59 Å². The molecule has 1 N–H and O–H groups in total. The molecule has 0 aromatic rings. The van der Waals surface area contributed by atoms with Gasteiger partial charge in [0.2, 0.25) is 0 Å². The topological polar surface area (TPSA) is 54.4 Å². The van der Waals surface area contributed by atoms with Gasteiger partial charge in [0.15, 0.2) is 0 Å². The van der Waals surface area contributed by atoms with Crippen molar-refractivity contribution in [3.63, 3.8) is 0 Å². The summed E-state index contributed by atoms with van der Waals surface area (Å²) in [5.41, 5.74) is 3.78. The van der Waals surface area contributed by atoms with Gasteiger partial charge >= 0.3 is 5.97 Å². The van der Waals surface area contributed by atoms with Gasteiger partial charge in [-0.15, -0.1) is 0 Å². The zero-order valence-corrected chi connectivity index (χ0v) is 17.4. The van der Waals surface area contributed by atoms with E-state index < -0.39 is 14.0 Å². The van der Waals surface area contributed by atoms with E-state index in [2.05, 4.69) is 46.1 Å². The second-order valence-corrected chi connectivity index (χ2v) is 14.2. The van der Waals surface area contributed by atoms with Crippen molar-refractivity contribution in [3.05, 3.63) is 11.3 Å². The summed E-state index contributed by atoms with van der Waals surface area (Å²) in [4.78, 5) is 23.4. The van der Waals surface area contributed by atoms with Gasteiger partial charge in [-0.1, -0.05) is 51.7 Å². The second kappa shape index (κ2) is 8.98. The fourth-order valence-electron chi connectivity index (χ4n) is 3.94. The van der Waals surface area contributed by atoms with Gasteiger partial charge in [0.05, 0.1) is 14.5 Å². The summed E-state index contributed by atoms with van der Waals surface area (Å²) in [7, 11) is -1.43. The third-order valence-corrected chi connectivity index (χ3v) is 6.15. The number of ketones is 1. The summed E-state index contributed by atoms with van der Waals surface area (Å²) < 4.78 is 0. The molecule has 0 aromatic carbocycles. The van der Waals surface area contributed by atoms with Gasteiger partial charge in [0.25, 0.3) is 0 Å². The first kappa shape index (κ1) is 21.1. The van der Waals surface area contributed by atoms with Crippen LogP contribution in [0.15, 0.2) is 11.3 Å². The number of carbonyl (C=O) groups excluding carboxylic acids is 1. The molecule has 0 aromatic heterocycles. The molecule has 0 heterocycles. The lowest BCUT2D eigenvalue weighted by Crippen LogP contribution is -2.31. The van der Waals surface area contributed by atoms with Crippen LogP contribution in [0.5, 0.6) is 0 Å². The predicted molar refractivity (Wildman–Crippen MR) is 103 cm³/mol. The average molecular weight is 353 g/mol. The summed E-state index contributed by atoms with van der Waals surface area (Å²) >= 11 is 0. The normalized spacial score (nSPS) is 26.8. The standard InChI is InChI=1S/C20H36O3Si/c1-14(2)11-17(21)9-10-18-15(3)7-8-16(12-20(22)23)19(18)13-24(4,5)6/h13-16,18H,7-12H2,1-6H3,(H,22,23)/b19-13-/t15-,16+,18+/m1/s1. The van der Waals surface area contributed by atoms with E-state index in [1.807, 2.05) is 0 Å². The van der Waals surface area contributed by atoms with Crippen LogP contribution in [0.3, 0.4) is 0 Å². The van der Waals surface area contributed by atoms with Crippen LogP contribution in [0.2, 0.25) is 19.6 Å². The van der Waals surface area contributed by atoms with Gasteiger partial charge in [-0.05, 0) is 42.9 Å². The Morgan fingerprint density at radius 2 is 1.88 bits per heavy atom. The Kier molecular flexibility index (Phi) is 7.91. The van der Waals surface area contributed by atoms with Gasteiger partial charge in [0, 0.05) is 12.8 Å². The van der Waals surface area contributed by atoms with Crippen LogP contribution in [0.4, 0.5) is 0 Å². The second-order valence-electron chi connectivity index (χ2n) is 9.14. The fraction of sp³-hybridized carbons (Fsp3) is 0.800. The predicted octanol–water partition coefficient (Wildman–Crippen LogP) is 5.32. The van der Waals surface area contributed by atoms with E-state index in [1.54, 1.807) is 0 Å². The van der Waals surface area contributed by atoms with Crippen molar-refractivity contribution in [1.29, 1.82) is 0 Å². The number of carboxylic acids is 1. The van der Waals surface area contributed by atoms with Gasteiger partial charge in [-0.2, -0.15) is 0 Å². The Hall–Kier alpha value is -0.903. The van der Waals surface area contributed by atoms with E-state index in [-0.39, 0.29) is 12.3 Å². The zero-order chi connectivity index (χ0) is 18.5. The van der Waals surface area contributed by atoms with Crippen molar-refractivity contribution in [2.75, 3.05) is 0 Å². The summed E-state index contributed by atoms with van der Waals surface area (Å²) in [5.74, 6) is 1.15. The molecule has 1 rings (SSSR count). The molecular weight excluding hydrogens is 316 g/mol. The Balaban J connectivity index is 2.95. The maximum absolute atomic E-state index is 12.1. The van der Waals surface area contributed by atoms with Crippen LogP contribution < -0.4 is 0 Å². The molecule has 1 fully saturated rings. The summed E-state index contributed by atoms with van der Waals surface area (Å²) in [5, 5.41) is 9.28. The molecule has 4 heteroatoms. The SMILES string of the molecule is CC(C)CC(=O)CC[C@@H]1/C(=C\[Si](C)(C)C)[C@H](CC(=O)O)CC[C@H]1C. The Bertz CT molecular complexity index is 474. The number of hydrogen-bond acceptors (Lipinski definition) is 2. The van der Waals surface area contributed by atoms with Crippen molar-refractivity contribution in [2.45, 2.75) is 78.9 Å². The minimum atomic E-state index is -1.43. The van der Waals surface area contributed by atoms with E-state index in [1.165, 1.54) is 5.57 Å². The molecule has 0 spiro atoms. The monoisotopic (exact) mass is 352 g/mol. The number of hydrogen-bond donors (Lipinski definition) is 1. The molecule has 138 valence electrons. The Morgan fingerprint density at radius 3 is 2.38 bits per heavy atom. The molecule has 0 aliphatic heterocycles. The average Bonchev–Trinajstić information content (AvgIpc) is 2.38. The Morgan fingerprint density at radius 1 is 1.25 bits per heavy atom. The molecule has 24 heavy (non-hydrogen) atoms. The fourth-order valence-corrected chi connectivity index (χ4v) is 5.39. The third-order valence-electron chi connectivity index (χ3n) is 4.95. The van der Waals surface area contributed by atoms with Crippen LogP contribution >= 0.6 is 0 Å². The minimum Gasteiger partial charge on any atom is -0.481 e. The van der Waals surface area contributed by atoms with Crippen LogP contribution in [0.1, 0.15) is 59.3 Å². The number of carboxylic acid groups (broad SMARTS) is 1. The number of allylic oxidation sites excluding steroid dienone is 1. The highest BCUT2D eigenvalue weighted by Gasteiger charge is 2.34. The first-order valence-corrected chi connectivity index (χ1v) is 13.0. The highest BCUT2D eigenvalue weighted by molar-refractivity contribution is 6.81. The van der Waals surface area contributed by atoms with E-state index in [9.17, 15) is 14.7 Å². The smallest absolute Gasteiger partial charge is 0.303 e. The lowest BCUT2D eigenvalue weighted by Gasteiger charge is -2.38. The van der Waals surface area contributed by atoms with Crippen molar-refractivity contribution >= 4 is 19.8 Å². The first-order chi connectivity index (χ1) is 11.0. The molecular formula is C20H36O3Si. The third kappa shape index (κ3) is 7.33. The van der Waals surface area contributed by atoms with Crippen molar-refractivity contribution in [2.24, 2.45) is 23.7 Å². The summed E-state index contributed by atoms with van der Waals surface area (Å²) in [6, 6.07) is 0. The molecule has 3 atom stereocenters. The minimum absolute atomic E-state index is 0.163. The molecule has 1 aliphatic rings. The number of Topliss-reactive ketones (excluding diaryl/α,β-unsaturated/α-hetero) is 1. The molecule has 0 saturated heterocycles. The van der Waals surface area contributed by atoms with Gasteiger partial charge < -0.3 is 5.11 Å². The first-order valence-electron chi connectivity index (χ1n) is 9.45. The van der Waals surface area contributed by atoms with Crippen LogP contribution in [-0.4, -0.2) is 24.9 Å². The van der Waals surface area contributed by atoms with E-state index >= 15 is 0 Å². The van der Waals surface area contributed by atoms with Crippen molar-refractivity contribution < 1.29 is 14.7 Å². The van der Waals surface area contributed by atoms with Crippen LogP contribution in [0.25, 0.3) is 0 Å². The van der Waals surface area contributed by atoms with E-state index in [4.69, 9.17) is 0 Å². The Labute approximate surface area is 148 Å². The molecule has 0 unspecified atom stereocenters. The quantitative estimate of drug-likeness (QED) is 0.601. The maximum atomic E-state index is 12.1. The summed E-state index contributed by atoms with van der Waals surface area (Å²) in [6.45, 7) is 13.3. The van der Waals surface area contributed by atoms with E-state index in [0.29, 0.717) is 36.4 Å². The maximum Gasteiger partial charge on any atom is 0.303 e. The molecule has 3 nitrogen and oxygen atoms in total. The molecule has 0 bridgehead atoms. The molecule has 0 radical (unpaired) electrons. The molecule has 1 saturated carbocycles. The number of carbonyl (C=O) groups is 2. The largest absolute Gasteiger partial charge is 0.481 e. The van der Waals surface area contributed by atoms with Crippen LogP contribution in [0, 0.1) is 23.7 Å². The lowest BCUT2D eigenvalue weighted by molar-refractivity contribution is -0.138. The van der Waals surface area contributed by atoms with E-state index in [0.717, 1.165) is 19.3 Å². The highest BCUT2D eigenvalue weighted by atomic mass is 28.3. The number of rotatable bonds is 8. The van der Waals surface area contributed by atoms with Crippen molar-refractivity contribution in [1.82, 2.24) is 0 Å².